The summed E-state index contributed by atoms with van der Waals surface area (Å²) in [5.74, 6) is 0.923. The molecule has 1 aromatic heterocycles. The van der Waals surface area contributed by atoms with Crippen molar-refractivity contribution in [3.63, 3.8) is 0 Å². The predicted octanol–water partition coefficient (Wildman–Crippen LogP) is 3.29. The minimum atomic E-state index is -0.219. The Morgan fingerprint density at radius 2 is 2.00 bits per heavy atom. The Morgan fingerprint density at radius 1 is 1.22 bits per heavy atom. The summed E-state index contributed by atoms with van der Waals surface area (Å²) in [7, 11) is 1.73. The van der Waals surface area contributed by atoms with E-state index in [0.29, 0.717) is 0 Å². The van der Waals surface area contributed by atoms with Gasteiger partial charge in [-0.2, -0.15) is 0 Å². The van der Waals surface area contributed by atoms with E-state index in [9.17, 15) is 0 Å². The molecule has 1 fully saturated rings. The Morgan fingerprint density at radius 3 is 2.72 bits per heavy atom. The molecule has 96 valence electrons. The maximum Gasteiger partial charge on any atom is 0.124 e. The summed E-state index contributed by atoms with van der Waals surface area (Å²) in [5, 5.41) is 1.18. The summed E-state index contributed by atoms with van der Waals surface area (Å²) in [6.45, 7) is 0. The zero-order valence-corrected chi connectivity index (χ0v) is 10.8. The average Bonchev–Trinajstić information content (AvgIpc) is 2.85. The number of hydrogen-bond donors (Lipinski definition) is 2. The van der Waals surface area contributed by atoms with Gasteiger partial charge in [0.05, 0.1) is 7.11 Å². The number of ether oxygens (including phenoxy) is 1. The van der Waals surface area contributed by atoms with Gasteiger partial charge in [0.15, 0.2) is 0 Å². The molecule has 0 spiro atoms. The molecule has 1 aliphatic carbocycles. The molecule has 0 unspecified atom stereocenters. The van der Waals surface area contributed by atoms with E-state index in [2.05, 4.69) is 23.2 Å². The molecule has 1 aromatic carbocycles. The number of benzene rings is 1. The molecule has 0 bridgehead atoms. The molecule has 1 heterocycles. The van der Waals surface area contributed by atoms with Crippen LogP contribution in [0.1, 0.15) is 37.7 Å². The van der Waals surface area contributed by atoms with Crippen molar-refractivity contribution in [3.05, 3.63) is 30.0 Å². The molecule has 3 nitrogen and oxygen atoms in total. The van der Waals surface area contributed by atoms with E-state index in [1.54, 1.807) is 7.11 Å². The summed E-state index contributed by atoms with van der Waals surface area (Å²) < 4.78 is 5.55. The minimum Gasteiger partial charge on any atom is -0.496 e. The number of H-pyrrole nitrogens is 1. The molecule has 0 aliphatic heterocycles. The molecule has 0 radical (unpaired) electrons. The van der Waals surface area contributed by atoms with Gasteiger partial charge in [-0.1, -0.05) is 19.3 Å². The van der Waals surface area contributed by atoms with Crippen molar-refractivity contribution in [3.8, 4) is 5.75 Å². The van der Waals surface area contributed by atoms with Crippen LogP contribution in [-0.4, -0.2) is 12.1 Å². The van der Waals surface area contributed by atoms with Gasteiger partial charge in [0.1, 0.15) is 5.75 Å². The van der Waals surface area contributed by atoms with Gasteiger partial charge >= 0.3 is 0 Å². The second-order valence-electron chi connectivity index (χ2n) is 5.33. The monoisotopic (exact) mass is 244 g/mol. The van der Waals surface area contributed by atoms with E-state index in [0.717, 1.165) is 29.7 Å². The smallest absolute Gasteiger partial charge is 0.124 e. The summed E-state index contributed by atoms with van der Waals surface area (Å²) in [6.07, 6.45) is 7.78. The van der Waals surface area contributed by atoms with Crippen molar-refractivity contribution in [1.82, 2.24) is 4.98 Å². The fraction of sp³-hybridized carbons (Fsp3) is 0.467. The molecule has 1 aliphatic rings. The van der Waals surface area contributed by atoms with E-state index in [1.807, 2.05) is 6.20 Å². The van der Waals surface area contributed by atoms with Crippen molar-refractivity contribution >= 4 is 10.9 Å². The lowest BCUT2D eigenvalue weighted by atomic mass is 9.77. The maximum absolute atomic E-state index is 6.62. The number of aromatic amines is 1. The van der Waals surface area contributed by atoms with Gasteiger partial charge in [-0.05, 0) is 31.0 Å². The largest absolute Gasteiger partial charge is 0.496 e. The van der Waals surface area contributed by atoms with Crippen LogP contribution in [0.2, 0.25) is 0 Å². The third-order valence-electron chi connectivity index (χ3n) is 4.16. The molecule has 0 atom stereocenters. The number of fused-ring (bicyclic) bond motifs is 1. The fourth-order valence-electron chi connectivity index (χ4n) is 3.09. The first-order valence-electron chi connectivity index (χ1n) is 6.67. The van der Waals surface area contributed by atoms with Crippen LogP contribution >= 0.6 is 0 Å². The highest BCUT2D eigenvalue weighted by Crippen LogP contribution is 2.40. The normalized spacial score (nSPS) is 19.0. The van der Waals surface area contributed by atoms with E-state index in [1.165, 1.54) is 24.6 Å². The summed E-state index contributed by atoms with van der Waals surface area (Å²) in [6, 6.07) is 6.32. The number of rotatable bonds is 2. The summed E-state index contributed by atoms with van der Waals surface area (Å²) in [4.78, 5) is 3.26. The van der Waals surface area contributed by atoms with Crippen LogP contribution in [-0.2, 0) is 5.54 Å². The van der Waals surface area contributed by atoms with Crippen molar-refractivity contribution in [2.24, 2.45) is 5.73 Å². The van der Waals surface area contributed by atoms with Crippen molar-refractivity contribution < 1.29 is 4.74 Å². The van der Waals surface area contributed by atoms with E-state index >= 15 is 0 Å². The van der Waals surface area contributed by atoms with Gasteiger partial charge < -0.3 is 15.5 Å². The fourth-order valence-corrected chi connectivity index (χ4v) is 3.09. The first kappa shape index (κ1) is 11.6. The third kappa shape index (κ3) is 1.79. The summed E-state index contributed by atoms with van der Waals surface area (Å²) in [5.41, 5.74) is 8.70. The van der Waals surface area contributed by atoms with Crippen LogP contribution in [0.3, 0.4) is 0 Å². The zero-order valence-electron chi connectivity index (χ0n) is 10.8. The molecular formula is C15H20N2O. The molecule has 0 amide bonds. The maximum atomic E-state index is 6.62. The SMILES string of the molecule is COc1cc2cc[nH]c2cc1C1(N)CCCCC1. The Labute approximate surface area is 107 Å². The van der Waals surface area contributed by atoms with Crippen LogP contribution < -0.4 is 10.5 Å². The van der Waals surface area contributed by atoms with Crippen LogP contribution in [0.4, 0.5) is 0 Å². The number of methoxy groups -OCH3 is 1. The van der Waals surface area contributed by atoms with Gasteiger partial charge in [0.2, 0.25) is 0 Å². The molecule has 1 saturated carbocycles. The van der Waals surface area contributed by atoms with E-state index < -0.39 is 0 Å². The number of nitrogens with two attached hydrogens (primary N) is 1. The van der Waals surface area contributed by atoms with Crippen LogP contribution in [0, 0.1) is 0 Å². The topological polar surface area (TPSA) is 51.0 Å². The van der Waals surface area contributed by atoms with Gasteiger partial charge in [-0.3, -0.25) is 0 Å². The molecule has 2 aromatic rings. The van der Waals surface area contributed by atoms with Gasteiger partial charge in [-0.25, -0.2) is 0 Å². The Hall–Kier alpha value is -1.48. The highest BCUT2D eigenvalue weighted by molar-refractivity contribution is 5.82. The molecular weight excluding hydrogens is 224 g/mol. The number of hydrogen-bond acceptors (Lipinski definition) is 2. The molecule has 0 saturated heterocycles. The Balaban J connectivity index is 2.13. The molecule has 3 heteroatoms. The van der Waals surface area contributed by atoms with Gasteiger partial charge in [-0.15, -0.1) is 0 Å². The van der Waals surface area contributed by atoms with Crippen LogP contribution in [0.15, 0.2) is 24.4 Å². The van der Waals surface area contributed by atoms with Crippen LogP contribution in [0.25, 0.3) is 10.9 Å². The second kappa shape index (κ2) is 4.32. The zero-order chi connectivity index (χ0) is 12.6. The second-order valence-corrected chi connectivity index (χ2v) is 5.33. The van der Waals surface area contributed by atoms with E-state index in [-0.39, 0.29) is 5.54 Å². The highest BCUT2D eigenvalue weighted by Gasteiger charge is 2.32. The number of aromatic nitrogens is 1. The lowest BCUT2D eigenvalue weighted by Crippen LogP contribution is -2.38. The molecule has 3 N–H and O–H groups in total. The number of nitrogens with one attached hydrogen (secondary N) is 1. The highest BCUT2D eigenvalue weighted by atomic mass is 16.5. The minimum absolute atomic E-state index is 0.219. The van der Waals surface area contributed by atoms with Crippen molar-refractivity contribution in [1.29, 1.82) is 0 Å². The standard InChI is InChI=1S/C15H20N2O/c1-18-14-9-11-5-8-17-13(11)10-12(14)15(16)6-3-2-4-7-15/h5,8-10,17H,2-4,6-7,16H2,1H3. The molecule has 18 heavy (non-hydrogen) atoms. The lowest BCUT2D eigenvalue weighted by Gasteiger charge is -2.35. The first-order valence-corrected chi connectivity index (χ1v) is 6.67. The Kier molecular flexibility index (Phi) is 2.78. The van der Waals surface area contributed by atoms with Crippen molar-refractivity contribution in [2.45, 2.75) is 37.6 Å². The first-order chi connectivity index (χ1) is 8.73. The van der Waals surface area contributed by atoms with Gasteiger partial charge in [0.25, 0.3) is 0 Å². The quantitative estimate of drug-likeness (QED) is 0.851. The summed E-state index contributed by atoms with van der Waals surface area (Å²) >= 11 is 0. The lowest BCUT2D eigenvalue weighted by molar-refractivity contribution is 0.289. The van der Waals surface area contributed by atoms with Crippen molar-refractivity contribution in [2.75, 3.05) is 7.11 Å². The third-order valence-corrected chi connectivity index (χ3v) is 4.16. The predicted molar refractivity (Wildman–Crippen MR) is 73.8 cm³/mol. The molecule has 3 rings (SSSR count). The van der Waals surface area contributed by atoms with E-state index in [4.69, 9.17) is 10.5 Å². The van der Waals surface area contributed by atoms with Gasteiger partial charge in [0, 0.05) is 28.2 Å². The van der Waals surface area contributed by atoms with Crippen LogP contribution in [0.5, 0.6) is 5.75 Å². The average molecular weight is 244 g/mol. The Bertz CT molecular complexity index is 553.